The quantitative estimate of drug-likeness (QED) is 0.852. The summed E-state index contributed by atoms with van der Waals surface area (Å²) in [4.78, 5) is 14.9. The topological polar surface area (TPSA) is 51.9 Å². The number of furan rings is 1. The Hall–Kier alpha value is -2.43. The van der Waals surface area contributed by atoms with Crippen LogP contribution < -0.4 is 9.47 Å². The number of carbonyl (C=O) groups excluding carboxylic acids is 1. The van der Waals surface area contributed by atoms with E-state index in [2.05, 4.69) is 0 Å². The summed E-state index contributed by atoms with van der Waals surface area (Å²) in [6, 6.07) is 7.91. The average Bonchev–Trinajstić information content (AvgIpc) is 3.31. The first kappa shape index (κ1) is 15.1. The van der Waals surface area contributed by atoms with Gasteiger partial charge in [-0.15, -0.1) is 0 Å². The summed E-state index contributed by atoms with van der Waals surface area (Å²) in [5, 5.41) is 0. The molecule has 1 aliphatic carbocycles. The molecule has 1 saturated carbocycles. The van der Waals surface area contributed by atoms with Crippen LogP contribution in [0, 0.1) is 0 Å². The maximum atomic E-state index is 13.0. The molecule has 2 aromatic rings. The van der Waals surface area contributed by atoms with Crippen LogP contribution in [0.25, 0.3) is 0 Å². The molecule has 0 spiro atoms. The lowest BCUT2D eigenvalue weighted by molar-refractivity contribution is 0.0613. The van der Waals surface area contributed by atoms with E-state index in [4.69, 9.17) is 13.9 Å². The average molecular weight is 327 g/mol. The van der Waals surface area contributed by atoms with Gasteiger partial charge in [0.25, 0.3) is 5.91 Å². The van der Waals surface area contributed by atoms with Crippen LogP contribution in [0.3, 0.4) is 0 Å². The van der Waals surface area contributed by atoms with Gasteiger partial charge in [0.2, 0.25) is 6.79 Å². The highest BCUT2D eigenvalue weighted by Gasteiger charge is 2.27. The normalized spacial score (nSPS) is 17.0. The first-order chi connectivity index (χ1) is 11.8. The van der Waals surface area contributed by atoms with Crippen molar-refractivity contribution >= 4 is 5.91 Å². The van der Waals surface area contributed by atoms with Crippen molar-refractivity contribution in [3.8, 4) is 11.5 Å². The van der Waals surface area contributed by atoms with E-state index in [-0.39, 0.29) is 18.7 Å². The third-order valence-electron chi connectivity index (χ3n) is 4.83. The van der Waals surface area contributed by atoms with Crippen LogP contribution in [-0.2, 0) is 6.54 Å². The Labute approximate surface area is 141 Å². The lowest BCUT2D eigenvalue weighted by Gasteiger charge is -2.34. The lowest BCUT2D eigenvalue weighted by atomic mass is 9.93. The van der Waals surface area contributed by atoms with Gasteiger partial charge in [0, 0.05) is 12.6 Å². The minimum atomic E-state index is 0.0355. The highest BCUT2D eigenvalue weighted by atomic mass is 16.7. The van der Waals surface area contributed by atoms with Gasteiger partial charge in [-0.1, -0.05) is 25.3 Å². The van der Waals surface area contributed by atoms with Crippen molar-refractivity contribution in [3.63, 3.8) is 0 Å². The molecule has 24 heavy (non-hydrogen) atoms. The molecule has 5 nitrogen and oxygen atoms in total. The van der Waals surface area contributed by atoms with Gasteiger partial charge in [-0.05, 0) is 36.6 Å². The Morgan fingerprint density at radius 3 is 2.71 bits per heavy atom. The molecule has 0 radical (unpaired) electrons. The molecule has 2 aliphatic rings. The number of ether oxygens (including phenoxy) is 2. The Kier molecular flexibility index (Phi) is 4.15. The van der Waals surface area contributed by atoms with Crippen LogP contribution in [0.4, 0.5) is 0 Å². The molecule has 1 fully saturated rings. The van der Waals surface area contributed by atoms with Gasteiger partial charge >= 0.3 is 0 Å². The fourth-order valence-corrected chi connectivity index (χ4v) is 3.55. The second kappa shape index (κ2) is 6.59. The minimum absolute atomic E-state index is 0.0355. The summed E-state index contributed by atoms with van der Waals surface area (Å²) < 4.78 is 15.9. The molecular weight excluding hydrogens is 306 g/mol. The molecule has 0 atom stereocenters. The first-order valence-corrected chi connectivity index (χ1v) is 8.53. The molecule has 2 heterocycles. The highest BCUT2D eigenvalue weighted by Crippen LogP contribution is 2.34. The molecule has 1 amide bonds. The van der Waals surface area contributed by atoms with Gasteiger partial charge in [0.15, 0.2) is 11.5 Å². The van der Waals surface area contributed by atoms with Gasteiger partial charge < -0.3 is 18.8 Å². The summed E-state index contributed by atoms with van der Waals surface area (Å²) >= 11 is 0. The largest absolute Gasteiger partial charge is 0.472 e. The summed E-state index contributed by atoms with van der Waals surface area (Å²) in [6.07, 6.45) is 8.82. The molecular formula is C19H21NO4. The van der Waals surface area contributed by atoms with Crippen molar-refractivity contribution in [1.82, 2.24) is 4.90 Å². The van der Waals surface area contributed by atoms with Crippen LogP contribution in [-0.4, -0.2) is 23.6 Å². The molecule has 126 valence electrons. The second-order valence-corrected chi connectivity index (χ2v) is 6.42. The summed E-state index contributed by atoms with van der Waals surface area (Å²) in [7, 11) is 0. The van der Waals surface area contributed by atoms with Crippen molar-refractivity contribution in [3.05, 3.63) is 47.9 Å². The number of hydrogen-bond acceptors (Lipinski definition) is 4. The van der Waals surface area contributed by atoms with Crippen molar-refractivity contribution in [2.45, 2.75) is 44.7 Å². The molecule has 4 rings (SSSR count). The Bertz CT molecular complexity index is 704. The van der Waals surface area contributed by atoms with Crippen molar-refractivity contribution in [2.75, 3.05) is 6.79 Å². The zero-order valence-corrected chi connectivity index (χ0v) is 13.6. The summed E-state index contributed by atoms with van der Waals surface area (Å²) in [5.74, 6) is 1.56. The maximum absolute atomic E-state index is 13.0. The smallest absolute Gasteiger partial charge is 0.257 e. The minimum Gasteiger partial charge on any atom is -0.472 e. The summed E-state index contributed by atoms with van der Waals surface area (Å²) in [6.45, 7) is 0.838. The predicted molar refractivity (Wildman–Crippen MR) is 88.0 cm³/mol. The molecule has 0 saturated heterocycles. The highest BCUT2D eigenvalue weighted by molar-refractivity contribution is 5.94. The first-order valence-electron chi connectivity index (χ1n) is 8.53. The standard InChI is InChI=1S/C19H21NO4/c21-19(15-8-9-22-12-15)20(16-4-2-1-3-5-16)11-14-6-7-17-18(10-14)24-13-23-17/h6-10,12,16H,1-5,11,13H2. The fraction of sp³-hybridized carbons (Fsp3) is 0.421. The van der Waals surface area contributed by atoms with E-state index < -0.39 is 0 Å². The number of rotatable bonds is 4. The van der Waals surface area contributed by atoms with Gasteiger partial charge in [-0.2, -0.15) is 0 Å². The number of carbonyl (C=O) groups is 1. The van der Waals surface area contributed by atoms with Gasteiger partial charge in [-0.3, -0.25) is 4.79 Å². The Morgan fingerprint density at radius 2 is 1.92 bits per heavy atom. The maximum Gasteiger partial charge on any atom is 0.257 e. The zero-order chi connectivity index (χ0) is 16.4. The van der Waals surface area contributed by atoms with Crippen molar-refractivity contribution in [2.24, 2.45) is 0 Å². The van der Waals surface area contributed by atoms with E-state index in [9.17, 15) is 4.79 Å². The number of hydrogen-bond donors (Lipinski definition) is 0. The van der Waals surface area contributed by atoms with Crippen LogP contribution >= 0.6 is 0 Å². The molecule has 1 aliphatic heterocycles. The van der Waals surface area contributed by atoms with Gasteiger partial charge in [-0.25, -0.2) is 0 Å². The van der Waals surface area contributed by atoms with E-state index in [1.165, 1.54) is 25.5 Å². The number of nitrogens with zero attached hydrogens (tertiary/aromatic N) is 1. The van der Waals surface area contributed by atoms with E-state index in [1.807, 2.05) is 23.1 Å². The fourth-order valence-electron chi connectivity index (χ4n) is 3.55. The van der Waals surface area contributed by atoms with Crippen LogP contribution in [0.2, 0.25) is 0 Å². The zero-order valence-electron chi connectivity index (χ0n) is 13.6. The molecule has 1 aromatic heterocycles. The lowest BCUT2D eigenvalue weighted by Crippen LogP contribution is -2.40. The second-order valence-electron chi connectivity index (χ2n) is 6.42. The molecule has 0 unspecified atom stereocenters. The van der Waals surface area contributed by atoms with Gasteiger partial charge in [0.1, 0.15) is 6.26 Å². The number of amides is 1. The Balaban J connectivity index is 1.58. The third kappa shape index (κ3) is 2.98. The monoisotopic (exact) mass is 327 g/mol. The van der Waals surface area contributed by atoms with E-state index >= 15 is 0 Å². The Morgan fingerprint density at radius 1 is 1.08 bits per heavy atom. The molecule has 1 aromatic carbocycles. The van der Waals surface area contributed by atoms with E-state index in [0.29, 0.717) is 12.1 Å². The van der Waals surface area contributed by atoms with Crippen molar-refractivity contribution < 1.29 is 18.7 Å². The van der Waals surface area contributed by atoms with Gasteiger partial charge in [0.05, 0.1) is 11.8 Å². The molecule has 0 bridgehead atoms. The van der Waals surface area contributed by atoms with E-state index in [1.54, 1.807) is 12.3 Å². The third-order valence-corrected chi connectivity index (χ3v) is 4.83. The number of fused-ring (bicyclic) bond motifs is 1. The van der Waals surface area contributed by atoms with E-state index in [0.717, 1.165) is 29.9 Å². The van der Waals surface area contributed by atoms with Crippen molar-refractivity contribution in [1.29, 1.82) is 0 Å². The summed E-state index contributed by atoms with van der Waals surface area (Å²) in [5.41, 5.74) is 1.67. The molecule has 5 heteroatoms. The SMILES string of the molecule is O=C(c1ccoc1)N(Cc1ccc2c(c1)OCO2)C1CCCCC1. The molecule has 0 N–H and O–H groups in total. The van der Waals surface area contributed by atoms with Crippen LogP contribution in [0.5, 0.6) is 11.5 Å². The van der Waals surface area contributed by atoms with Crippen LogP contribution in [0.15, 0.2) is 41.2 Å². The van der Waals surface area contributed by atoms with Crippen LogP contribution in [0.1, 0.15) is 48.0 Å². The number of benzene rings is 1. The predicted octanol–water partition coefficient (Wildman–Crippen LogP) is 3.98.